The first-order chi connectivity index (χ1) is 8.38. The minimum absolute atomic E-state index is 0.576. The van der Waals surface area contributed by atoms with Crippen molar-refractivity contribution in [2.45, 2.75) is 25.3 Å². The van der Waals surface area contributed by atoms with E-state index in [4.69, 9.17) is 4.74 Å². The van der Waals surface area contributed by atoms with Crippen molar-refractivity contribution in [2.75, 3.05) is 13.7 Å². The van der Waals surface area contributed by atoms with E-state index in [1.165, 1.54) is 12.8 Å². The fourth-order valence-corrected chi connectivity index (χ4v) is 2.52. The highest BCUT2D eigenvalue weighted by Crippen LogP contribution is 2.21. The Labute approximate surface area is 101 Å². The van der Waals surface area contributed by atoms with Crippen LogP contribution in [0.2, 0.25) is 0 Å². The molecule has 0 aromatic carbocycles. The molecule has 1 aliphatic rings. The predicted molar refractivity (Wildman–Crippen MR) is 66.5 cm³/mol. The number of fused-ring (bicyclic) bond motifs is 1. The number of imidazole rings is 1. The summed E-state index contributed by atoms with van der Waals surface area (Å²) >= 11 is 0. The molecule has 0 amide bonds. The summed E-state index contributed by atoms with van der Waals surface area (Å²) in [7, 11) is 1.69. The molecule has 2 aromatic heterocycles. The van der Waals surface area contributed by atoms with Crippen molar-refractivity contribution in [1.29, 1.82) is 0 Å². The third kappa shape index (κ3) is 1.89. The van der Waals surface area contributed by atoms with Gasteiger partial charge in [0, 0.05) is 18.7 Å². The van der Waals surface area contributed by atoms with Crippen molar-refractivity contribution < 1.29 is 4.74 Å². The topological polar surface area (TPSA) is 38.6 Å². The van der Waals surface area contributed by atoms with Gasteiger partial charge < -0.3 is 14.5 Å². The van der Waals surface area contributed by atoms with E-state index in [1.807, 2.05) is 18.3 Å². The summed E-state index contributed by atoms with van der Waals surface area (Å²) in [6, 6.07) is 4.54. The number of rotatable bonds is 3. The molecule has 0 saturated carbocycles. The van der Waals surface area contributed by atoms with E-state index in [2.05, 4.69) is 20.9 Å². The van der Waals surface area contributed by atoms with Crippen LogP contribution < -0.4 is 10.1 Å². The van der Waals surface area contributed by atoms with E-state index < -0.39 is 0 Å². The van der Waals surface area contributed by atoms with Crippen molar-refractivity contribution in [3.05, 3.63) is 30.4 Å². The molecule has 2 aromatic rings. The SMILES string of the molecule is COc1cccn2c(CC3CCCN3)ncc12. The van der Waals surface area contributed by atoms with Gasteiger partial charge in [0.15, 0.2) is 0 Å². The summed E-state index contributed by atoms with van der Waals surface area (Å²) in [6.07, 6.45) is 7.45. The third-order valence-electron chi connectivity index (χ3n) is 3.42. The zero-order valence-electron chi connectivity index (χ0n) is 10.0. The lowest BCUT2D eigenvalue weighted by molar-refractivity contribution is 0.417. The molecule has 90 valence electrons. The monoisotopic (exact) mass is 231 g/mol. The van der Waals surface area contributed by atoms with Crippen LogP contribution in [0.25, 0.3) is 5.52 Å². The molecule has 0 aliphatic carbocycles. The molecule has 3 heterocycles. The summed E-state index contributed by atoms with van der Waals surface area (Å²) < 4.78 is 7.46. The lowest BCUT2D eigenvalue weighted by Crippen LogP contribution is -2.24. The average molecular weight is 231 g/mol. The van der Waals surface area contributed by atoms with Gasteiger partial charge in [0.05, 0.1) is 13.3 Å². The van der Waals surface area contributed by atoms with E-state index in [0.29, 0.717) is 6.04 Å². The molecule has 0 spiro atoms. The second kappa shape index (κ2) is 4.37. The molecule has 0 bridgehead atoms. The van der Waals surface area contributed by atoms with Gasteiger partial charge in [0.1, 0.15) is 17.1 Å². The number of aromatic nitrogens is 2. The second-order valence-corrected chi connectivity index (χ2v) is 4.50. The highest BCUT2D eigenvalue weighted by Gasteiger charge is 2.17. The summed E-state index contributed by atoms with van der Waals surface area (Å²) in [4.78, 5) is 4.51. The normalized spacial score (nSPS) is 19.9. The van der Waals surface area contributed by atoms with Gasteiger partial charge in [-0.1, -0.05) is 0 Å². The fourth-order valence-electron chi connectivity index (χ4n) is 2.52. The van der Waals surface area contributed by atoms with Crippen LogP contribution in [0.1, 0.15) is 18.7 Å². The Morgan fingerprint density at radius 3 is 3.29 bits per heavy atom. The minimum atomic E-state index is 0.576. The molecule has 1 unspecified atom stereocenters. The Morgan fingerprint density at radius 2 is 2.53 bits per heavy atom. The molecule has 1 atom stereocenters. The Morgan fingerprint density at radius 1 is 1.59 bits per heavy atom. The van der Waals surface area contributed by atoms with Gasteiger partial charge >= 0.3 is 0 Å². The van der Waals surface area contributed by atoms with E-state index in [9.17, 15) is 0 Å². The van der Waals surface area contributed by atoms with Crippen LogP contribution >= 0.6 is 0 Å². The predicted octanol–water partition coefficient (Wildman–Crippen LogP) is 1.64. The number of hydrogen-bond acceptors (Lipinski definition) is 3. The molecule has 1 aliphatic heterocycles. The molecule has 17 heavy (non-hydrogen) atoms. The Hall–Kier alpha value is -1.55. The van der Waals surface area contributed by atoms with Crippen LogP contribution in [0.15, 0.2) is 24.5 Å². The molecular weight excluding hydrogens is 214 g/mol. The zero-order chi connectivity index (χ0) is 11.7. The quantitative estimate of drug-likeness (QED) is 0.872. The number of ether oxygens (including phenoxy) is 1. The van der Waals surface area contributed by atoms with Gasteiger partial charge in [-0.05, 0) is 31.5 Å². The van der Waals surface area contributed by atoms with Crippen LogP contribution in [-0.2, 0) is 6.42 Å². The third-order valence-corrected chi connectivity index (χ3v) is 3.42. The fraction of sp³-hybridized carbons (Fsp3) is 0.462. The lowest BCUT2D eigenvalue weighted by Gasteiger charge is -2.09. The van der Waals surface area contributed by atoms with Crippen molar-refractivity contribution in [3.63, 3.8) is 0 Å². The van der Waals surface area contributed by atoms with Crippen LogP contribution in [-0.4, -0.2) is 29.1 Å². The second-order valence-electron chi connectivity index (χ2n) is 4.50. The molecule has 4 nitrogen and oxygen atoms in total. The molecule has 1 fully saturated rings. The van der Waals surface area contributed by atoms with Gasteiger partial charge in [-0.3, -0.25) is 0 Å². The highest BCUT2D eigenvalue weighted by molar-refractivity contribution is 5.59. The first-order valence-corrected chi connectivity index (χ1v) is 6.11. The number of methoxy groups -OCH3 is 1. The Kier molecular flexibility index (Phi) is 2.73. The van der Waals surface area contributed by atoms with E-state index >= 15 is 0 Å². The minimum Gasteiger partial charge on any atom is -0.494 e. The summed E-state index contributed by atoms with van der Waals surface area (Å²) in [5.41, 5.74) is 1.04. The lowest BCUT2D eigenvalue weighted by atomic mass is 10.1. The molecule has 1 saturated heterocycles. The summed E-state index contributed by atoms with van der Waals surface area (Å²) in [6.45, 7) is 1.14. The Bertz CT molecular complexity index is 514. The summed E-state index contributed by atoms with van der Waals surface area (Å²) in [5, 5.41) is 3.50. The maximum Gasteiger partial charge on any atom is 0.144 e. The molecule has 1 N–H and O–H groups in total. The van der Waals surface area contributed by atoms with Gasteiger partial charge in [-0.2, -0.15) is 0 Å². The number of pyridine rings is 1. The van der Waals surface area contributed by atoms with Gasteiger partial charge in [-0.25, -0.2) is 4.98 Å². The molecule has 4 heteroatoms. The van der Waals surface area contributed by atoms with Gasteiger partial charge in [-0.15, -0.1) is 0 Å². The van der Waals surface area contributed by atoms with Crippen LogP contribution in [0.5, 0.6) is 5.75 Å². The first-order valence-electron chi connectivity index (χ1n) is 6.11. The van der Waals surface area contributed by atoms with E-state index in [1.54, 1.807) is 7.11 Å². The average Bonchev–Trinajstić information content (AvgIpc) is 2.99. The van der Waals surface area contributed by atoms with Crippen LogP contribution in [0, 0.1) is 0 Å². The Balaban J connectivity index is 1.94. The number of nitrogens with one attached hydrogen (secondary N) is 1. The number of hydrogen-bond donors (Lipinski definition) is 1. The highest BCUT2D eigenvalue weighted by atomic mass is 16.5. The largest absolute Gasteiger partial charge is 0.494 e. The van der Waals surface area contributed by atoms with E-state index in [0.717, 1.165) is 30.1 Å². The van der Waals surface area contributed by atoms with Gasteiger partial charge in [0.25, 0.3) is 0 Å². The molecular formula is C13H17N3O. The maximum absolute atomic E-state index is 5.33. The van der Waals surface area contributed by atoms with Crippen LogP contribution in [0.3, 0.4) is 0 Å². The van der Waals surface area contributed by atoms with Crippen molar-refractivity contribution >= 4 is 5.52 Å². The zero-order valence-corrected chi connectivity index (χ0v) is 10.0. The number of nitrogens with zero attached hydrogens (tertiary/aromatic N) is 2. The van der Waals surface area contributed by atoms with Gasteiger partial charge in [0.2, 0.25) is 0 Å². The van der Waals surface area contributed by atoms with Crippen molar-refractivity contribution in [2.24, 2.45) is 0 Å². The van der Waals surface area contributed by atoms with Crippen molar-refractivity contribution in [3.8, 4) is 5.75 Å². The first kappa shape index (κ1) is 10.6. The van der Waals surface area contributed by atoms with Crippen molar-refractivity contribution in [1.82, 2.24) is 14.7 Å². The summed E-state index contributed by atoms with van der Waals surface area (Å²) in [5.74, 6) is 1.99. The maximum atomic E-state index is 5.33. The van der Waals surface area contributed by atoms with Crippen LogP contribution in [0.4, 0.5) is 0 Å². The molecule has 3 rings (SSSR count). The van der Waals surface area contributed by atoms with E-state index in [-0.39, 0.29) is 0 Å². The molecule has 0 radical (unpaired) electrons. The smallest absolute Gasteiger partial charge is 0.144 e. The standard InChI is InChI=1S/C13H17N3O/c1-17-12-5-3-7-16-11(12)9-15-13(16)8-10-4-2-6-14-10/h3,5,7,9-10,14H,2,4,6,8H2,1H3.